The summed E-state index contributed by atoms with van der Waals surface area (Å²) in [6, 6.07) is 12.7. The largest absolute Gasteiger partial charge is 0.483 e. The van der Waals surface area contributed by atoms with Crippen LogP contribution in [0.15, 0.2) is 42.5 Å². The van der Waals surface area contributed by atoms with Crippen molar-refractivity contribution in [3.05, 3.63) is 64.2 Å². The van der Waals surface area contributed by atoms with Crippen molar-refractivity contribution in [2.45, 2.75) is 19.6 Å². The highest BCUT2D eigenvalue weighted by Crippen LogP contribution is 2.27. The van der Waals surface area contributed by atoms with Gasteiger partial charge < -0.3 is 9.64 Å². The molecule has 0 radical (unpaired) electrons. The lowest BCUT2D eigenvalue weighted by atomic mass is 10.1. The second-order valence-electron chi connectivity index (χ2n) is 7.18. The zero-order valence-electron chi connectivity index (χ0n) is 16.6. The summed E-state index contributed by atoms with van der Waals surface area (Å²) in [7, 11) is -3.40. The zero-order valence-corrected chi connectivity index (χ0v) is 18.2. The quantitative estimate of drug-likeness (QED) is 0.698. The Kier molecular flexibility index (Phi) is 6.82. The smallest absolute Gasteiger partial charge is 0.260 e. The van der Waals surface area contributed by atoms with Gasteiger partial charge in [0.05, 0.1) is 5.75 Å². The van der Waals surface area contributed by atoms with Crippen molar-refractivity contribution in [1.82, 2.24) is 9.21 Å². The SMILES string of the molecule is Cc1cc(Cl)cc(C)c1OCC(=O)N1CCN(S(=O)(=O)Cc2ccccc2)CC1. The van der Waals surface area contributed by atoms with Gasteiger partial charge in [-0.15, -0.1) is 0 Å². The summed E-state index contributed by atoms with van der Waals surface area (Å²) in [6.07, 6.45) is 0. The van der Waals surface area contributed by atoms with E-state index in [-0.39, 0.29) is 18.3 Å². The van der Waals surface area contributed by atoms with Gasteiger partial charge in [-0.3, -0.25) is 4.79 Å². The van der Waals surface area contributed by atoms with Crippen molar-refractivity contribution in [2.24, 2.45) is 0 Å². The zero-order chi connectivity index (χ0) is 21.0. The highest BCUT2D eigenvalue weighted by Gasteiger charge is 2.29. The summed E-state index contributed by atoms with van der Waals surface area (Å²) in [5.74, 6) is 0.478. The van der Waals surface area contributed by atoms with Crippen LogP contribution in [0.25, 0.3) is 0 Å². The van der Waals surface area contributed by atoms with Gasteiger partial charge in [-0.25, -0.2) is 8.42 Å². The maximum absolute atomic E-state index is 12.6. The van der Waals surface area contributed by atoms with Gasteiger partial charge in [0.25, 0.3) is 5.91 Å². The molecular formula is C21H25ClN2O4S. The fourth-order valence-corrected chi connectivity index (χ4v) is 5.29. The molecule has 0 atom stereocenters. The molecule has 1 heterocycles. The first kappa shape index (κ1) is 21.6. The van der Waals surface area contributed by atoms with E-state index in [9.17, 15) is 13.2 Å². The Balaban J connectivity index is 1.53. The summed E-state index contributed by atoms with van der Waals surface area (Å²) in [5, 5.41) is 0.631. The molecule has 2 aromatic rings. The van der Waals surface area contributed by atoms with Gasteiger partial charge >= 0.3 is 0 Å². The summed E-state index contributed by atoms with van der Waals surface area (Å²) in [4.78, 5) is 14.2. The molecule has 0 unspecified atom stereocenters. The van der Waals surface area contributed by atoms with Gasteiger partial charge in [0.15, 0.2) is 6.61 Å². The molecule has 3 rings (SSSR count). The number of amides is 1. The molecular weight excluding hydrogens is 412 g/mol. The minimum absolute atomic E-state index is 0.0278. The van der Waals surface area contributed by atoms with E-state index in [0.29, 0.717) is 37.0 Å². The Labute approximate surface area is 177 Å². The maximum atomic E-state index is 12.6. The fourth-order valence-electron chi connectivity index (χ4n) is 3.44. The Hall–Kier alpha value is -2.09. The topological polar surface area (TPSA) is 66.9 Å². The molecule has 1 amide bonds. The molecule has 0 aliphatic carbocycles. The van der Waals surface area contributed by atoms with Crippen LogP contribution in [-0.4, -0.2) is 56.3 Å². The Morgan fingerprint density at radius 3 is 2.21 bits per heavy atom. The molecule has 29 heavy (non-hydrogen) atoms. The molecule has 1 saturated heterocycles. The number of carbonyl (C=O) groups is 1. The lowest BCUT2D eigenvalue weighted by molar-refractivity contribution is -0.134. The predicted octanol–water partition coefficient (Wildman–Crippen LogP) is 3.01. The van der Waals surface area contributed by atoms with Crippen molar-refractivity contribution in [1.29, 1.82) is 0 Å². The number of carbonyl (C=O) groups excluding carboxylic acids is 1. The predicted molar refractivity (Wildman–Crippen MR) is 114 cm³/mol. The van der Waals surface area contributed by atoms with Crippen LogP contribution in [0, 0.1) is 13.8 Å². The highest BCUT2D eigenvalue weighted by atomic mass is 35.5. The molecule has 1 fully saturated rings. The van der Waals surface area contributed by atoms with E-state index in [1.807, 2.05) is 32.0 Å². The van der Waals surface area contributed by atoms with Gasteiger partial charge in [0.2, 0.25) is 10.0 Å². The number of piperazine rings is 1. The average Bonchev–Trinajstić information content (AvgIpc) is 2.67. The van der Waals surface area contributed by atoms with E-state index in [0.717, 1.165) is 16.7 Å². The number of benzene rings is 2. The number of hydrogen-bond donors (Lipinski definition) is 0. The number of sulfonamides is 1. The van der Waals surface area contributed by atoms with Crippen LogP contribution in [0.3, 0.4) is 0 Å². The summed E-state index contributed by atoms with van der Waals surface area (Å²) < 4.78 is 32.4. The highest BCUT2D eigenvalue weighted by molar-refractivity contribution is 7.88. The van der Waals surface area contributed by atoms with E-state index in [4.69, 9.17) is 16.3 Å². The standard InChI is InChI=1S/C21H25ClN2O4S/c1-16-12-19(22)13-17(2)21(16)28-14-20(25)23-8-10-24(11-9-23)29(26,27)15-18-6-4-3-5-7-18/h3-7,12-13H,8-11,14-15H2,1-2H3. The molecule has 2 aromatic carbocycles. The van der Waals surface area contributed by atoms with Crippen molar-refractivity contribution in [2.75, 3.05) is 32.8 Å². The second-order valence-corrected chi connectivity index (χ2v) is 9.58. The van der Waals surface area contributed by atoms with E-state index >= 15 is 0 Å². The van der Waals surface area contributed by atoms with Crippen LogP contribution < -0.4 is 4.74 Å². The number of ether oxygens (including phenoxy) is 1. The number of aryl methyl sites for hydroxylation is 2. The average molecular weight is 437 g/mol. The van der Waals surface area contributed by atoms with Crippen LogP contribution in [0.5, 0.6) is 5.75 Å². The molecule has 1 aliphatic heterocycles. The van der Waals surface area contributed by atoms with E-state index < -0.39 is 10.0 Å². The minimum atomic E-state index is -3.40. The molecule has 0 spiro atoms. The van der Waals surface area contributed by atoms with Gasteiger partial charge in [0.1, 0.15) is 5.75 Å². The van der Waals surface area contributed by atoms with Crippen LogP contribution in [-0.2, 0) is 20.6 Å². The van der Waals surface area contributed by atoms with Gasteiger partial charge in [-0.05, 0) is 42.7 Å². The molecule has 156 valence electrons. The summed E-state index contributed by atoms with van der Waals surface area (Å²) in [5.41, 5.74) is 2.51. The lowest BCUT2D eigenvalue weighted by Gasteiger charge is -2.34. The Bertz CT molecular complexity index is 948. The Morgan fingerprint density at radius 2 is 1.62 bits per heavy atom. The van der Waals surface area contributed by atoms with Crippen molar-refractivity contribution < 1.29 is 17.9 Å². The summed E-state index contributed by atoms with van der Waals surface area (Å²) in [6.45, 7) is 4.98. The molecule has 8 heteroatoms. The normalized spacial score (nSPS) is 15.3. The fraction of sp³-hybridized carbons (Fsp3) is 0.381. The van der Waals surface area contributed by atoms with E-state index in [1.165, 1.54) is 4.31 Å². The van der Waals surface area contributed by atoms with Gasteiger partial charge in [-0.1, -0.05) is 41.9 Å². The first-order valence-corrected chi connectivity index (χ1v) is 11.4. The Morgan fingerprint density at radius 1 is 1.03 bits per heavy atom. The molecule has 0 N–H and O–H groups in total. The third-order valence-electron chi connectivity index (χ3n) is 4.94. The number of nitrogens with zero attached hydrogens (tertiary/aromatic N) is 2. The third-order valence-corrected chi connectivity index (χ3v) is 7.01. The van der Waals surface area contributed by atoms with Crippen molar-refractivity contribution in [3.63, 3.8) is 0 Å². The molecule has 1 aliphatic rings. The van der Waals surface area contributed by atoms with Crippen LogP contribution in [0.2, 0.25) is 5.02 Å². The van der Waals surface area contributed by atoms with E-state index in [2.05, 4.69) is 0 Å². The van der Waals surface area contributed by atoms with E-state index in [1.54, 1.807) is 29.2 Å². The second kappa shape index (κ2) is 9.15. The van der Waals surface area contributed by atoms with Crippen LogP contribution in [0.4, 0.5) is 0 Å². The minimum Gasteiger partial charge on any atom is -0.483 e. The summed E-state index contributed by atoms with van der Waals surface area (Å²) >= 11 is 6.02. The number of hydrogen-bond acceptors (Lipinski definition) is 4. The lowest BCUT2D eigenvalue weighted by Crippen LogP contribution is -2.51. The maximum Gasteiger partial charge on any atom is 0.260 e. The number of rotatable bonds is 6. The monoisotopic (exact) mass is 436 g/mol. The number of halogens is 1. The molecule has 0 aromatic heterocycles. The van der Waals surface area contributed by atoms with Gasteiger partial charge in [0, 0.05) is 31.2 Å². The van der Waals surface area contributed by atoms with Gasteiger partial charge in [-0.2, -0.15) is 4.31 Å². The molecule has 0 saturated carbocycles. The van der Waals surface area contributed by atoms with Crippen LogP contribution >= 0.6 is 11.6 Å². The molecule has 0 bridgehead atoms. The first-order chi connectivity index (χ1) is 13.8. The van der Waals surface area contributed by atoms with Crippen LogP contribution in [0.1, 0.15) is 16.7 Å². The van der Waals surface area contributed by atoms with Crippen molar-refractivity contribution in [3.8, 4) is 5.75 Å². The van der Waals surface area contributed by atoms with Crippen molar-refractivity contribution >= 4 is 27.5 Å². The third kappa shape index (κ3) is 5.50. The molecule has 6 nitrogen and oxygen atoms in total. The first-order valence-electron chi connectivity index (χ1n) is 9.45.